The number of aromatic hydroxyl groups is 1. The molecule has 0 aromatic heterocycles. The van der Waals surface area contributed by atoms with Gasteiger partial charge in [0, 0.05) is 5.41 Å². The summed E-state index contributed by atoms with van der Waals surface area (Å²) >= 11 is 0. The molecule has 21 heavy (non-hydrogen) atoms. The van der Waals surface area contributed by atoms with Crippen LogP contribution in [0.1, 0.15) is 50.3 Å². The molecule has 1 aromatic carbocycles. The van der Waals surface area contributed by atoms with Gasteiger partial charge in [0.25, 0.3) is 0 Å². The van der Waals surface area contributed by atoms with Gasteiger partial charge in [-0.15, -0.1) is 0 Å². The second-order valence-corrected chi connectivity index (χ2v) is 7.58. The Morgan fingerprint density at radius 2 is 1.76 bits per heavy atom. The topological polar surface area (TPSA) is 37.3 Å². The number of Topliss-reactive ketones (excluding diaryl/α,β-unsaturated/α-hetero) is 1. The third-order valence-corrected chi connectivity index (χ3v) is 6.20. The highest BCUT2D eigenvalue weighted by Gasteiger charge is 2.63. The Morgan fingerprint density at radius 3 is 2.24 bits per heavy atom. The molecule has 2 bridgehead atoms. The van der Waals surface area contributed by atoms with Crippen LogP contribution in [0.3, 0.4) is 0 Å². The van der Waals surface area contributed by atoms with E-state index in [0.29, 0.717) is 17.5 Å². The molecule has 0 amide bonds. The van der Waals surface area contributed by atoms with Gasteiger partial charge in [0.2, 0.25) is 0 Å². The summed E-state index contributed by atoms with van der Waals surface area (Å²) in [6, 6.07) is 3.92. The molecule has 2 atom stereocenters. The van der Waals surface area contributed by atoms with Crippen molar-refractivity contribution in [3.05, 3.63) is 34.4 Å². The third-order valence-electron chi connectivity index (χ3n) is 6.20. The molecule has 1 aromatic rings. The molecule has 2 aliphatic carbocycles. The standard InChI is InChI=1S/C19H24O2/c1-11-8-13(9-12(2)16(11)20)10-14-15-6-7-19(5,17(14)21)18(15,3)4/h8-10,15,20H,6-7H2,1-5H3. The molecule has 2 heteroatoms. The monoisotopic (exact) mass is 284 g/mol. The average molecular weight is 284 g/mol. The first-order chi connectivity index (χ1) is 9.68. The van der Waals surface area contributed by atoms with Gasteiger partial charge in [-0.25, -0.2) is 0 Å². The van der Waals surface area contributed by atoms with Crippen LogP contribution in [0.15, 0.2) is 17.7 Å². The fraction of sp³-hybridized carbons (Fsp3) is 0.526. The lowest BCUT2D eigenvalue weighted by Crippen LogP contribution is -2.32. The Hall–Kier alpha value is -1.57. The molecule has 2 saturated carbocycles. The van der Waals surface area contributed by atoms with Crippen molar-refractivity contribution in [2.24, 2.45) is 16.7 Å². The third kappa shape index (κ3) is 1.74. The Kier molecular flexibility index (Phi) is 2.89. The quantitative estimate of drug-likeness (QED) is 0.775. The van der Waals surface area contributed by atoms with E-state index < -0.39 is 0 Å². The minimum Gasteiger partial charge on any atom is -0.507 e. The number of phenolic OH excluding ortho intramolecular Hbond substituents is 1. The van der Waals surface area contributed by atoms with Crippen molar-refractivity contribution in [3.63, 3.8) is 0 Å². The highest BCUT2D eigenvalue weighted by Crippen LogP contribution is 2.65. The van der Waals surface area contributed by atoms with Crippen LogP contribution in [0.5, 0.6) is 5.75 Å². The van der Waals surface area contributed by atoms with Crippen molar-refractivity contribution < 1.29 is 9.90 Å². The molecule has 0 aliphatic heterocycles. The number of aryl methyl sites for hydroxylation is 2. The summed E-state index contributed by atoms with van der Waals surface area (Å²) in [5, 5.41) is 9.89. The number of rotatable bonds is 1. The van der Waals surface area contributed by atoms with Crippen molar-refractivity contribution in [1.29, 1.82) is 0 Å². The van der Waals surface area contributed by atoms with Crippen LogP contribution in [0, 0.1) is 30.6 Å². The zero-order valence-corrected chi connectivity index (χ0v) is 13.6. The normalized spacial score (nSPS) is 32.1. The van der Waals surface area contributed by atoms with Crippen LogP contribution >= 0.6 is 0 Å². The van der Waals surface area contributed by atoms with E-state index in [1.54, 1.807) is 0 Å². The molecule has 2 aliphatic rings. The second-order valence-electron chi connectivity index (χ2n) is 7.58. The molecular formula is C19H24O2. The second kappa shape index (κ2) is 4.22. The van der Waals surface area contributed by atoms with E-state index in [-0.39, 0.29) is 10.8 Å². The van der Waals surface area contributed by atoms with E-state index in [4.69, 9.17) is 0 Å². The number of benzene rings is 1. The van der Waals surface area contributed by atoms with Crippen LogP contribution in [-0.4, -0.2) is 10.9 Å². The summed E-state index contributed by atoms with van der Waals surface area (Å²) in [4.78, 5) is 12.8. The lowest BCUT2D eigenvalue weighted by atomic mass is 9.70. The summed E-state index contributed by atoms with van der Waals surface area (Å²) in [6.45, 7) is 10.4. The van der Waals surface area contributed by atoms with Crippen molar-refractivity contribution in [3.8, 4) is 5.75 Å². The lowest BCUT2D eigenvalue weighted by molar-refractivity contribution is -0.125. The summed E-state index contributed by atoms with van der Waals surface area (Å²) in [6.07, 6.45) is 4.17. The lowest BCUT2D eigenvalue weighted by Gasteiger charge is -2.31. The van der Waals surface area contributed by atoms with Crippen molar-refractivity contribution in [2.75, 3.05) is 0 Å². The first kappa shape index (κ1) is 14.4. The van der Waals surface area contributed by atoms with Gasteiger partial charge in [-0.05, 0) is 78.5 Å². The minimum atomic E-state index is -0.204. The molecule has 112 valence electrons. The van der Waals surface area contributed by atoms with Gasteiger partial charge >= 0.3 is 0 Å². The molecule has 2 unspecified atom stereocenters. The van der Waals surface area contributed by atoms with Crippen molar-refractivity contribution in [2.45, 2.75) is 47.5 Å². The first-order valence-electron chi connectivity index (χ1n) is 7.75. The van der Waals surface area contributed by atoms with Crippen LogP contribution in [-0.2, 0) is 4.79 Å². The predicted octanol–water partition coefficient (Wildman–Crippen LogP) is 4.42. The van der Waals surface area contributed by atoms with Crippen molar-refractivity contribution >= 4 is 11.9 Å². The largest absolute Gasteiger partial charge is 0.507 e. The van der Waals surface area contributed by atoms with E-state index in [1.165, 1.54) is 0 Å². The summed E-state index contributed by atoms with van der Waals surface area (Å²) in [5.41, 5.74) is 3.59. The Bertz CT molecular complexity index is 643. The zero-order valence-electron chi connectivity index (χ0n) is 13.6. The van der Waals surface area contributed by atoms with Gasteiger partial charge < -0.3 is 5.11 Å². The molecule has 0 radical (unpaired) electrons. The molecule has 0 spiro atoms. The number of hydrogen-bond donors (Lipinski definition) is 1. The van der Waals surface area contributed by atoms with Gasteiger partial charge in [0.05, 0.1) is 0 Å². The number of carbonyl (C=O) groups excluding carboxylic acids is 1. The number of ketones is 1. The van der Waals surface area contributed by atoms with Gasteiger partial charge in [0.15, 0.2) is 5.78 Å². The molecule has 2 nitrogen and oxygen atoms in total. The zero-order chi connectivity index (χ0) is 15.6. The van der Waals surface area contributed by atoms with E-state index >= 15 is 0 Å². The minimum absolute atomic E-state index is 0.0525. The fourth-order valence-corrected chi connectivity index (χ4v) is 4.35. The fourth-order valence-electron chi connectivity index (χ4n) is 4.35. The van der Waals surface area contributed by atoms with Crippen LogP contribution < -0.4 is 0 Å². The van der Waals surface area contributed by atoms with Gasteiger partial charge in [-0.1, -0.05) is 20.8 Å². The number of fused-ring (bicyclic) bond motifs is 2. The molecule has 0 saturated heterocycles. The van der Waals surface area contributed by atoms with Gasteiger partial charge in [0.1, 0.15) is 5.75 Å². The van der Waals surface area contributed by atoms with Crippen LogP contribution in [0.2, 0.25) is 0 Å². The number of phenols is 1. The molecule has 3 rings (SSSR count). The summed E-state index contributed by atoms with van der Waals surface area (Å²) in [5.74, 6) is 1.04. The maximum absolute atomic E-state index is 12.8. The maximum atomic E-state index is 12.8. The number of hydrogen-bond acceptors (Lipinski definition) is 2. The summed E-state index contributed by atoms with van der Waals surface area (Å²) in [7, 11) is 0. The molecule has 2 fully saturated rings. The van der Waals surface area contributed by atoms with E-state index in [2.05, 4.69) is 26.8 Å². The first-order valence-corrected chi connectivity index (χ1v) is 7.75. The predicted molar refractivity (Wildman–Crippen MR) is 85.2 cm³/mol. The highest BCUT2D eigenvalue weighted by atomic mass is 16.3. The summed E-state index contributed by atoms with van der Waals surface area (Å²) < 4.78 is 0. The highest BCUT2D eigenvalue weighted by molar-refractivity contribution is 6.08. The van der Waals surface area contributed by atoms with E-state index in [9.17, 15) is 9.90 Å². The molecular weight excluding hydrogens is 260 g/mol. The number of allylic oxidation sites excluding steroid dienone is 1. The Balaban J connectivity index is 2.08. The maximum Gasteiger partial charge on any atom is 0.165 e. The van der Waals surface area contributed by atoms with Crippen LogP contribution in [0.4, 0.5) is 0 Å². The van der Waals surface area contributed by atoms with E-state index in [0.717, 1.165) is 35.1 Å². The van der Waals surface area contributed by atoms with Crippen LogP contribution in [0.25, 0.3) is 6.08 Å². The Labute approximate surface area is 126 Å². The molecule has 1 N–H and O–H groups in total. The van der Waals surface area contributed by atoms with Crippen molar-refractivity contribution in [1.82, 2.24) is 0 Å². The van der Waals surface area contributed by atoms with E-state index in [1.807, 2.05) is 26.0 Å². The SMILES string of the molecule is Cc1cc(C=C2C(=O)C3(C)CCC2C3(C)C)cc(C)c1O. The molecule has 0 heterocycles. The van der Waals surface area contributed by atoms with Gasteiger partial charge in [-0.2, -0.15) is 0 Å². The smallest absolute Gasteiger partial charge is 0.165 e. The Morgan fingerprint density at radius 1 is 1.19 bits per heavy atom. The number of carbonyl (C=O) groups is 1. The average Bonchev–Trinajstić information content (AvgIpc) is 2.70. The van der Waals surface area contributed by atoms with Gasteiger partial charge in [-0.3, -0.25) is 4.79 Å².